The summed E-state index contributed by atoms with van der Waals surface area (Å²) >= 11 is 0. The molecule has 164 valence electrons. The zero-order valence-electron chi connectivity index (χ0n) is 18.0. The van der Waals surface area contributed by atoms with Crippen LogP contribution in [0.2, 0.25) is 0 Å². The molecule has 0 saturated heterocycles. The second kappa shape index (κ2) is 9.51. The Morgan fingerprint density at radius 1 is 1.00 bits per heavy atom. The Hall–Kier alpha value is -3.87. The van der Waals surface area contributed by atoms with Crippen LogP contribution in [0.4, 0.5) is 5.69 Å². The maximum atomic E-state index is 11.8. The fourth-order valence-corrected chi connectivity index (χ4v) is 3.82. The van der Waals surface area contributed by atoms with Crippen molar-refractivity contribution in [3.05, 3.63) is 93.0 Å². The van der Waals surface area contributed by atoms with E-state index >= 15 is 0 Å². The van der Waals surface area contributed by atoms with Crippen molar-refractivity contribution in [2.45, 2.75) is 19.4 Å². The number of rotatable bonds is 8. The third-order valence-electron chi connectivity index (χ3n) is 5.46. The first-order valence-corrected chi connectivity index (χ1v) is 10.3. The summed E-state index contributed by atoms with van der Waals surface area (Å²) in [6.07, 6.45) is 1.13. The standard InChI is InChI=1S/C25H24N2O5/c1-30-20-8-9-21-18(12-20)10-11-26-22(21)13-19-14-25(24(31-2)15-23(19)27(28)29)32-16-17-6-4-3-5-7-17/h3-9,12,14-15H,10-11,13,16H2,1-2H3. The van der Waals surface area contributed by atoms with Crippen molar-refractivity contribution in [1.29, 1.82) is 0 Å². The predicted molar refractivity (Wildman–Crippen MR) is 122 cm³/mol. The van der Waals surface area contributed by atoms with E-state index in [0.717, 1.165) is 34.6 Å². The Bertz CT molecular complexity index is 1160. The van der Waals surface area contributed by atoms with Gasteiger partial charge in [-0.15, -0.1) is 0 Å². The number of nitro benzene ring substituents is 1. The van der Waals surface area contributed by atoms with Gasteiger partial charge in [0.25, 0.3) is 5.69 Å². The van der Waals surface area contributed by atoms with Gasteiger partial charge in [0.2, 0.25) is 0 Å². The van der Waals surface area contributed by atoms with E-state index in [4.69, 9.17) is 14.2 Å². The van der Waals surface area contributed by atoms with Crippen molar-refractivity contribution < 1.29 is 19.1 Å². The van der Waals surface area contributed by atoms with Crippen molar-refractivity contribution in [3.8, 4) is 17.2 Å². The largest absolute Gasteiger partial charge is 0.497 e. The lowest BCUT2D eigenvalue weighted by atomic mass is 9.93. The smallest absolute Gasteiger partial charge is 0.276 e. The molecule has 0 aromatic heterocycles. The molecule has 7 heteroatoms. The molecule has 0 saturated carbocycles. The third kappa shape index (κ3) is 4.56. The summed E-state index contributed by atoms with van der Waals surface area (Å²) < 4.78 is 16.7. The number of benzene rings is 3. The highest BCUT2D eigenvalue weighted by atomic mass is 16.6. The Labute approximate surface area is 186 Å². The molecule has 0 unspecified atom stereocenters. The number of methoxy groups -OCH3 is 2. The van der Waals surface area contributed by atoms with Crippen LogP contribution in [0.1, 0.15) is 22.3 Å². The van der Waals surface area contributed by atoms with Gasteiger partial charge in [-0.2, -0.15) is 0 Å². The molecule has 0 spiro atoms. The van der Waals surface area contributed by atoms with Crippen LogP contribution in [0.25, 0.3) is 0 Å². The molecule has 0 amide bonds. The summed E-state index contributed by atoms with van der Waals surface area (Å²) in [6.45, 7) is 0.967. The monoisotopic (exact) mass is 432 g/mol. The third-order valence-corrected chi connectivity index (χ3v) is 5.46. The molecule has 1 aliphatic rings. The number of hydrogen-bond acceptors (Lipinski definition) is 6. The molecule has 0 N–H and O–H groups in total. The molecule has 4 rings (SSSR count). The first-order valence-electron chi connectivity index (χ1n) is 10.3. The van der Waals surface area contributed by atoms with Gasteiger partial charge in [-0.25, -0.2) is 0 Å². The van der Waals surface area contributed by atoms with Gasteiger partial charge < -0.3 is 14.2 Å². The number of aliphatic imine (C=N–C) groups is 1. The lowest BCUT2D eigenvalue weighted by Crippen LogP contribution is -2.16. The summed E-state index contributed by atoms with van der Waals surface area (Å²) in [5.41, 5.74) is 4.45. The molecule has 0 aliphatic carbocycles. The van der Waals surface area contributed by atoms with E-state index in [1.54, 1.807) is 13.2 Å². The van der Waals surface area contributed by atoms with E-state index < -0.39 is 4.92 Å². The SMILES string of the molecule is COc1ccc2c(c1)CCN=C2Cc1cc(OCc2ccccc2)c(OC)cc1[N+](=O)[O-]. The van der Waals surface area contributed by atoms with Crippen molar-refractivity contribution in [3.63, 3.8) is 0 Å². The van der Waals surface area contributed by atoms with E-state index in [2.05, 4.69) is 4.99 Å². The zero-order valence-corrected chi connectivity index (χ0v) is 18.0. The van der Waals surface area contributed by atoms with Crippen LogP contribution in [-0.4, -0.2) is 31.4 Å². The van der Waals surface area contributed by atoms with E-state index in [1.807, 2.05) is 48.5 Å². The van der Waals surface area contributed by atoms with Crippen LogP contribution < -0.4 is 14.2 Å². The molecule has 1 aliphatic heterocycles. The molecule has 7 nitrogen and oxygen atoms in total. The number of nitrogens with zero attached hydrogens (tertiary/aromatic N) is 2. The average Bonchev–Trinajstić information content (AvgIpc) is 2.83. The van der Waals surface area contributed by atoms with Crippen LogP contribution in [0.5, 0.6) is 17.2 Å². The summed E-state index contributed by atoms with van der Waals surface area (Å²) in [4.78, 5) is 16.1. The zero-order chi connectivity index (χ0) is 22.5. The second-order valence-electron chi connectivity index (χ2n) is 7.44. The van der Waals surface area contributed by atoms with E-state index in [-0.39, 0.29) is 5.69 Å². The highest BCUT2D eigenvalue weighted by Gasteiger charge is 2.23. The molecular formula is C25H24N2O5. The Balaban J connectivity index is 1.67. The van der Waals surface area contributed by atoms with E-state index in [9.17, 15) is 10.1 Å². The summed E-state index contributed by atoms with van der Waals surface area (Å²) in [5.74, 6) is 1.58. The first kappa shape index (κ1) is 21.4. The van der Waals surface area contributed by atoms with Gasteiger partial charge in [-0.05, 0) is 47.4 Å². The molecule has 0 bridgehead atoms. The van der Waals surface area contributed by atoms with E-state index in [0.29, 0.717) is 36.6 Å². The second-order valence-corrected chi connectivity index (χ2v) is 7.44. The van der Waals surface area contributed by atoms with Crippen molar-refractivity contribution in [2.75, 3.05) is 20.8 Å². The molecule has 32 heavy (non-hydrogen) atoms. The summed E-state index contributed by atoms with van der Waals surface area (Å²) in [5, 5.41) is 11.8. The van der Waals surface area contributed by atoms with Crippen molar-refractivity contribution in [2.24, 2.45) is 4.99 Å². The van der Waals surface area contributed by atoms with Crippen LogP contribution in [0.3, 0.4) is 0 Å². The molecule has 0 fully saturated rings. The van der Waals surface area contributed by atoms with Gasteiger partial charge in [0.15, 0.2) is 11.5 Å². The highest BCUT2D eigenvalue weighted by Crippen LogP contribution is 2.36. The highest BCUT2D eigenvalue weighted by molar-refractivity contribution is 6.04. The summed E-state index contributed by atoms with van der Waals surface area (Å²) in [7, 11) is 3.11. The number of fused-ring (bicyclic) bond motifs is 1. The Morgan fingerprint density at radius 2 is 1.81 bits per heavy atom. The van der Waals surface area contributed by atoms with Crippen molar-refractivity contribution >= 4 is 11.4 Å². The molecule has 1 heterocycles. The minimum absolute atomic E-state index is 0.0164. The fraction of sp³-hybridized carbons (Fsp3) is 0.240. The molecular weight excluding hydrogens is 408 g/mol. The van der Waals surface area contributed by atoms with Gasteiger partial charge in [0, 0.05) is 24.2 Å². The number of ether oxygens (including phenoxy) is 3. The lowest BCUT2D eigenvalue weighted by molar-refractivity contribution is -0.385. The minimum atomic E-state index is -0.392. The fourth-order valence-electron chi connectivity index (χ4n) is 3.82. The van der Waals surface area contributed by atoms with Crippen LogP contribution in [0.15, 0.2) is 65.7 Å². The number of nitro groups is 1. The normalized spacial score (nSPS) is 12.5. The molecule has 0 atom stereocenters. The Kier molecular flexibility index (Phi) is 6.35. The van der Waals surface area contributed by atoms with Gasteiger partial charge in [0.05, 0.1) is 25.2 Å². The van der Waals surface area contributed by atoms with Crippen LogP contribution in [0, 0.1) is 10.1 Å². The van der Waals surface area contributed by atoms with Crippen molar-refractivity contribution in [1.82, 2.24) is 0 Å². The van der Waals surface area contributed by atoms with Gasteiger partial charge in [0.1, 0.15) is 12.4 Å². The van der Waals surface area contributed by atoms with Gasteiger partial charge in [-0.3, -0.25) is 15.1 Å². The minimum Gasteiger partial charge on any atom is -0.497 e. The molecule has 3 aromatic rings. The maximum absolute atomic E-state index is 11.8. The first-order chi connectivity index (χ1) is 15.6. The Morgan fingerprint density at radius 3 is 2.53 bits per heavy atom. The van der Waals surface area contributed by atoms with Crippen LogP contribution in [-0.2, 0) is 19.4 Å². The predicted octanol–water partition coefficient (Wildman–Crippen LogP) is 4.78. The quantitative estimate of drug-likeness (QED) is 0.378. The number of hydrogen-bond donors (Lipinski definition) is 0. The van der Waals surface area contributed by atoms with Gasteiger partial charge >= 0.3 is 0 Å². The van der Waals surface area contributed by atoms with Gasteiger partial charge in [-0.1, -0.05) is 30.3 Å². The topological polar surface area (TPSA) is 83.2 Å². The lowest BCUT2D eigenvalue weighted by Gasteiger charge is -2.19. The van der Waals surface area contributed by atoms with Crippen LogP contribution >= 0.6 is 0 Å². The molecule has 3 aromatic carbocycles. The van der Waals surface area contributed by atoms with E-state index in [1.165, 1.54) is 13.2 Å². The molecule has 0 radical (unpaired) electrons. The summed E-state index contributed by atoms with van der Waals surface area (Å²) in [6, 6.07) is 18.7. The maximum Gasteiger partial charge on any atom is 0.276 e. The average molecular weight is 432 g/mol.